The third-order valence-electron chi connectivity index (χ3n) is 18.0. The smallest absolute Gasteiger partial charge is 0.00201 e. The van der Waals surface area contributed by atoms with Crippen LogP contribution in [0.25, 0.3) is 174 Å². The van der Waals surface area contributed by atoms with E-state index in [1.807, 2.05) is 0 Å². The van der Waals surface area contributed by atoms with Gasteiger partial charge in [-0.2, -0.15) is 0 Å². The molecular weight excluding hydrogens is 1010 g/mol. The highest BCUT2D eigenvalue weighted by molar-refractivity contribution is 6.30. The molecule has 0 saturated carbocycles. The average molecular weight is 1060 g/mol. The Bertz CT molecular complexity index is 5530. The molecule has 18 aromatic rings. The third-order valence-corrected chi connectivity index (χ3v) is 18.0. The maximum atomic E-state index is 2.34. The number of rotatable bonds is 5. The van der Waals surface area contributed by atoms with Crippen LogP contribution in [-0.4, -0.2) is 0 Å². The maximum absolute atomic E-state index is 2.34. The predicted octanol–water partition coefficient (Wildman–Crippen LogP) is 23.8. The molecule has 0 amide bonds. The number of fused-ring (bicyclic) bond motifs is 9. The summed E-state index contributed by atoms with van der Waals surface area (Å²) in [6, 6.07) is 116. The Morgan fingerprint density at radius 1 is 0.131 bits per heavy atom. The van der Waals surface area contributed by atoms with Gasteiger partial charge in [0.2, 0.25) is 0 Å². The molecule has 0 N–H and O–H groups in total. The van der Waals surface area contributed by atoms with Crippen LogP contribution in [0.3, 0.4) is 0 Å². The van der Waals surface area contributed by atoms with Gasteiger partial charge < -0.3 is 0 Å². The normalized spacial score (nSPS) is 11.8. The van der Waals surface area contributed by atoms with Gasteiger partial charge in [0.25, 0.3) is 0 Å². The van der Waals surface area contributed by atoms with Crippen LogP contribution < -0.4 is 0 Å². The van der Waals surface area contributed by atoms with Crippen molar-refractivity contribution in [3.8, 4) is 55.6 Å². The van der Waals surface area contributed by atoms with Crippen molar-refractivity contribution < 1.29 is 0 Å². The number of hydrogen-bond donors (Lipinski definition) is 0. The molecular formula is C84H52. The summed E-state index contributed by atoms with van der Waals surface area (Å²) >= 11 is 0. The van der Waals surface area contributed by atoms with Crippen LogP contribution in [0, 0.1) is 0 Å². The zero-order valence-electron chi connectivity index (χ0n) is 46.0. The minimum absolute atomic E-state index is 1.23. The molecule has 0 aliphatic heterocycles. The minimum Gasteiger partial charge on any atom is -0.0616 e. The molecule has 0 aliphatic rings. The average Bonchev–Trinajstić information content (AvgIpc) is 1.11. The lowest BCUT2D eigenvalue weighted by Gasteiger charge is -2.20. The van der Waals surface area contributed by atoms with E-state index in [2.05, 4.69) is 315 Å². The van der Waals surface area contributed by atoms with Crippen LogP contribution in [0.1, 0.15) is 0 Å². The molecule has 0 fully saturated rings. The molecule has 0 aromatic heterocycles. The van der Waals surface area contributed by atoms with Gasteiger partial charge >= 0.3 is 0 Å². The van der Waals surface area contributed by atoms with Gasteiger partial charge in [-0.25, -0.2) is 0 Å². The second-order valence-corrected chi connectivity index (χ2v) is 22.5. The second-order valence-electron chi connectivity index (χ2n) is 22.5. The molecule has 84 heavy (non-hydrogen) atoms. The van der Waals surface area contributed by atoms with Crippen molar-refractivity contribution >= 4 is 118 Å². The lowest BCUT2D eigenvalue weighted by atomic mass is 9.82. The van der Waals surface area contributed by atoms with Crippen LogP contribution in [0.5, 0.6) is 0 Å². The Kier molecular flexibility index (Phi) is 11.0. The maximum Gasteiger partial charge on any atom is -0.00201 e. The highest BCUT2D eigenvalue weighted by atomic mass is 14.2. The first kappa shape index (κ1) is 47.8. The van der Waals surface area contributed by atoms with Crippen molar-refractivity contribution in [3.05, 3.63) is 315 Å². The summed E-state index contributed by atoms with van der Waals surface area (Å²) in [4.78, 5) is 0. The molecule has 0 bridgehead atoms. The van der Waals surface area contributed by atoms with E-state index < -0.39 is 0 Å². The fourth-order valence-corrected chi connectivity index (χ4v) is 14.3. The Balaban J connectivity index is 0.000000133. The van der Waals surface area contributed by atoms with E-state index in [9.17, 15) is 0 Å². The molecule has 18 rings (SSSR count). The van der Waals surface area contributed by atoms with Crippen molar-refractivity contribution in [1.82, 2.24) is 0 Å². The highest BCUT2D eigenvalue weighted by Gasteiger charge is 2.22. The van der Waals surface area contributed by atoms with E-state index >= 15 is 0 Å². The van der Waals surface area contributed by atoms with E-state index in [0.717, 1.165) is 0 Å². The molecule has 0 spiro atoms. The fourth-order valence-electron chi connectivity index (χ4n) is 14.3. The lowest BCUT2D eigenvalue weighted by molar-refractivity contribution is 1.64. The molecule has 0 unspecified atom stereocenters. The molecule has 0 radical (unpaired) electrons. The summed E-state index contributed by atoms with van der Waals surface area (Å²) in [5, 5.41) is 28.4. The topological polar surface area (TPSA) is 0 Å². The van der Waals surface area contributed by atoms with Crippen molar-refractivity contribution in [2.75, 3.05) is 0 Å². The second kappa shape index (κ2) is 19.4. The summed E-state index contributed by atoms with van der Waals surface area (Å²) in [6.45, 7) is 0. The van der Waals surface area contributed by atoms with Crippen molar-refractivity contribution in [1.29, 1.82) is 0 Å². The Hall–Kier alpha value is -10.9. The summed E-state index contributed by atoms with van der Waals surface area (Å²) in [7, 11) is 0. The third kappa shape index (κ3) is 7.55. The van der Waals surface area contributed by atoms with Crippen molar-refractivity contribution in [2.45, 2.75) is 0 Å². The molecule has 18 aromatic carbocycles. The van der Waals surface area contributed by atoms with Crippen LogP contribution in [0.2, 0.25) is 0 Å². The largest absolute Gasteiger partial charge is 0.0616 e. The summed E-state index contributed by atoms with van der Waals surface area (Å²) in [6.07, 6.45) is 0. The number of hydrogen-bond acceptors (Lipinski definition) is 0. The SMILES string of the molecule is c1ccc2c(-c3c4ccccc4c(-c4ccc5ccc6cccc7ccc4c5c67)c4ccccc34)cccc2c1.c1ccc2cc(-c3c4ccccc4c(-c4ccc(-c5cc6ccccc6c6ccccc56)cc4)c4ccccc34)ccc2c1. The van der Waals surface area contributed by atoms with Crippen LogP contribution in [0.15, 0.2) is 315 Å². The molecule has 0 heteroatoms. The monoisotopic (exact) mass is 1060 g/mol. The van der Waals surface area contributed by atoms with Crippen LogP contribution in [0.4, 0.5) is 0 Å². The van der Waals surface area contributed by atoms with Crippen LogP contribution >= 0.6 is 0 Å². The van der Waals surface area contributed by atoms with Gasteiger partial charge in [-0.05, 0) is 186 Å². The van der Waals surface area contributed by atoms with Gasteiger partial charge in [0, 0.05) is 0 Å². The van der Waals surface area contributed by atoms with E-state index in [0.29, 0.717) is 0 Å². The van der Waals surface area contributed by atoms with E-state index in [-0.39, 0.29) is 0 Å². The molecule has 0 aliphatic carbocycles. The first-order valence-corrected chi connectivity index (χ1v) is 29.2. The Labute approximate surface area is 486 Å². The fraction of sp³-hybridized carbons (Fsp3) is 0. The lowest BCUT2D eigenvalue weighted by Crippen LogP contribution is -1.93. The van der Waals surface area contributed by atoms with Crippen molar-refractivity contribution in [3.63, 3.8) is 0 Å². The molecule has 0 saturated heterocycles. The van der Waals surface area contributed by atoms with Crippen molar-refractivity contribution in [2.24, 2.45) is 0 Å². The standard InChI is InChI=1S/C44H28.C40H24/c1-2-12-32-27-34(26-21-29(32)11-1)44-40-19-9-7-17-38(40)43(39-18-8-10-20-41(39)44)31-24-22-30(23-25-31)42-28-33-13-3-4-14-35(33)36-15-5-6-16-37(36)42;1-2-13-29-25(9-1)10-8-18-30(29)39-31-14-3-5-16-33(31)40(34-17-6-4-15-32(34)39)36-24-22-28-20-19-26-11-7-12-27-21-23-35(36)38(28)37(26)27/h1-28H;1-24H. The van der Waals surface area contributed by atoms with Crippen LogP contribution in [-0.2, 0) is 0 Å². The quantitative estimate of drug-likeness (QED) is 0.119. The van der Waals surface area contributed by atoms with E-state index in [4.69, 9.17) is 0 Å². The van der Waals surface area contributed by atoms with E-state index in [1.54, 1.807) is 0 Å². The van der Waals surface area contributed by atoms with Gasteiger partial charge in [-0.1, -0.05) is 303 Å². The first-order chi connectivity index (χ1) is 41.7. The van der Waals surface area contributed by atoms with Gasteiger partial charge in [0.05, 0.1) is 0 Å². The Morgan fingerprint density at radius 2 is 0.500 bits per heavy atom. The predicted molar refractivity (Wildman–Crippen MR) is 364 cm³/mol. The zero-order chi connectivity index (χ0) is 55.2. The Morgan fingerprint density at radius 3 is 1.11 bits per heavy atom. The van der Waals surface area contributed by atoms with E-state index in [1.165, 1.54) is 174 Å². The molecule has 0 nitrogen and oxygen atoms in total. The highest BCUT2D eigenvalue weighted by Crippen LogP contribution is 2.49. The minimum atomic E-state index is 1.23. The summed E-state index contributed by atoms with van der Waals surface area (Å²) in [5.41, 5.74) is 12.8. The summed E-state index contributed by atoms with van der Waals surface area (Å²) < 4.78 is 0. The van der Waals surface area contributed by atoms with Gasteiger partial charge in [-0.3, -0.25) is 0 Å². The summed E-state index contributed by atoms with van der Waals surface area (Å²) in [5.74, 6) is 0. The van der Waals surface area contributed by atoms with Gasteiger partial charge in [0.15, 0.2) is 0 Å². The molecule has 0 heterocycles. The molecule has 388 valence electrons. The number of benzene rings is 18. The molecule has 0 atom stereocenters. The van der Waals surface area contributed by atoms with Gasteiger partial charge in [0.1, 0.15) is 0 Å². The first-order valence-electron chi connectivity index (χ1n) is 29.2. The van der Waals surface area contributed by atoms with Gasteiger partial charge in [-0.15, -0.1) is 0 Å². The zero-order valence-corrected chi connectivity index (χ0v) is 46.0.